The number of carboxylic acid groups (broad SMARTS) is 1. The van der Waals surface area contributed by atoms with Crippen molar-refractivity contribution >= 4 is 23.9 Å². The normalized spacial score (nSPS) is 19.4. The molecule has 4 N–H and O–H groups in total. The number of benzene rings is 2. The van der Waals surface area contributed by atoms with E-state index in [4.69, 9.17) is 15.1 Å². The number of hydrogen-bond donors (Lipinski definition) is 4. The average molecular weight is 534 g/mol. The molecule has 1 aliphatic carbocycles. The lowest BCUT2D eigenvalue weighted by Gasteiger charge is -2.31. The molecule has 204 valence electrons. The van der Waals surface area contributed by atoms with Gasteiger partial charge >= 0.3 is 12.1 Å². The standard InChI is InChI=1S/C25H29N3O3.C2HF3O2/c29-24(11-8-18-6-9-21(10-7-18)25(30)27-31)28-14-12-19(13-15-28)17-26-23-16-22(23)20-4-2-1-3-5-20;3-2(4,5)1(6)7/h1-11,19,22-23,26,31H,12-17H2,(H,27,30);(H,6,7)/b11-8+;/t22-,23+;/m0./s1. The van der Waals surface area contributed by atoms with Gasteiger partial charge in [-0.25, -0.2) is 10.3 Å². The zero-order valence-corrected chi connectivity index (χ0v) is 20.5. The lowest BCUT2D eigenvalue weighted by atomic mass is 9.96. The van der Waals surface area contributed by atoms with Gasteiger partial charge in [0.15, 0.2) is 0 Å². The fraction of sp³-hybridized carbons (Fsp3) is 0.370. The first-order chi connectivity index (χ1) is 18.1. The van der Waals surface area contributed by atoms with E-state index in [2.05, 4.69) is 35.6 Å². The first-order valence-corrected chi connectivity index (χ1v) is 12.2. The first kappa shape index (κ1) is 28.9. The highest BCUT2D eigenvalue weighted by atomic mass is 19.4. The van der Waals surface area contributed by atoms with Crippen LogP contribution < -0.4 is 10.8 Å². The number of likely N-dealkylation sites (tertiary alicyclic amines) is 1. The van der Waals surface area contributed by atoms with Crippen molar-refractivity contribution < 1.29 is 37.9 Å². The quantitative estimate of drug-likeness (QED) is 0.244. The minimum Gasteiger partial charge on any atom is -0.475 e. The summed E-state index contributed by atoms with van der Waals surface area (Å²) >= 11 is 0. The Labute approximate surface area is 218 Å². The number of carbonyl (C=O) groups is 3. The summed E-state index contributed by atoms with van der Waals surface area (Å²) in [5, 5.41) is 19.5. The molecule has 8 nitrogen and oxygen atoms in total. The molecule has 1 aliphatic heterocycles. The number of alkyl halides is 3. The maximum Gasteiger partial charge on any atom is 0.490 e. The van der Waals surface area contributed by atoms with Gasteiger partial charge in [-0.3, -0.25) is 14.8 Å². The Morgan fingerprint density at radius 1 is 1.00 bits per heavy atom. The highest BCUT2D eigenvalue weighted by Crippen LogP contribution is 2.40. The number of carboxylic acids is 1. The molecule has 1 heterocycles. The minimum atomic E-state index is -5.08. The van der Waals surface area contributed by atoms with Crippen molar-refractivity contribution in [2.75, 3.05) is 19.6 Å². The smallest absolute Gasteiger partial charge is 0.475 e. The number of halogens is 3. The minimum absolute atomic E-state index is 0.0231. The van der Waals surface area contributed by atoms with Crippen LogP contribution in [0.3, 0.4) is 0 Å². The second kappa shape index (κ2) is 13.2. The van der Waals surface area contributed by atoms with Gasteiger partial charge in [-0.15, -0.1) is 0 Å². The van der Waals surface area contributed by atoms with Crippen molar-refractivity contribution in [3.05, 3.63) is 77.4 Å². The molecule has 0 unspecified atom stereocenters. The third kappa shape index (κ3) is 8.70. The number of aliphatic carboxylic acids is 1. The molecular formula is C27H30F3N3O5. The highest BCUT2D eigenvalue weighted by molar-refractivity contribution is 5.94. The lowest BCUT2D eigenvalue weighted by Crippen LogP contribution is -2.40. The molecule has 38 heavy (non-hydrogen) atoms. The summed E-state index contributed by atoms with van der Waals surface area (Å²) < 4.78 is 31.7. The van der Waals surface area contributed by atoms with Crippen molar-refractivity contribution in [1.82, 2.24) is 15.7 Å². The SMILES string of the molecule is O=C(NO)c1ccc(/C=C/C(=O)N2CCC(CN[C@@H]3C[C@H]3c3ccccc3)CC2)cc1.O=C(O)C(F)(F)F. The number of piperidine rings is 1. The molecule has 2 aromatic rings. The van der Waals surface area contributed by atoms with Gasteiger partial charge in [0.05, 0.1) is 0 Å². The fourth-order valence-corrected chi connectivity index (χ4v) is 4.25. The predicted octanol–water partition coefficient (Wildman–Crippen LogP) is 3.84. The summed E-state index contributed by atoms with van der Waals surface area (Å²) in [6.45, 7) is 2.61. The Balaban J connectivity index is 0.000000505. The number of nitrogens with one attached hydrogen (secondary N) is 2. The fourth-order valence-electron chi connectivity index (χ4n) is 4.25. The number of nitrogens with zero attached hydrogens (tertiary/aromatic N) is 1. The number of hydrogen-bond acceptors (Lipinski definition) is 5. The van der Waals surface area contributed by atoms with Crippen LogP contribution in [-0.4, -0.2) is 64.8 Å². The molecule has 0 spiro atoms. The lowest BCUT2D eigenvalue weighted by molar-refractivity contribution is -0.192. The number of hydroxylamine groups is 1. The van der Waals surface area contributed by atoms with Crippen molar-refractivity contribution in [1.29, 1.82) is 0 Å². The van der Waals surface area contributed by atoms with E-state index in [1.165, 1.54) is 12.0 Å². The Morgan fingerprint density at radius 3 is 2.16 bits per heavy atom. The van der Waals surface area contributed by atoms with Crippen LogP contribution in [0.5, 0.6) is 0 Å². The molecule has 11 heteroatoms. The molecule has 2 aliphatic rings. The molecule has 2 atom stereocenters. The number of rotatable bonds is 7. The summed E-state index contributed by atoms with van der Waals surface area (Å²) in [5.41, 5.74) is 4.23. The van der Waals surface area contributed by atoms with Gasteiger partial charge in [-0.1, -0.05) is 42.5 Å². The van der Waals surface area contributed by atoms with E-state index in [1.54, 1.807) is 41.9 Å². The second-order valence-electron chi connectivity index (χ2n) is 9.24. The Morgan fingerprint density at radius 2 is 1.61 bits per heavy atom. The van der Waals surface area contributed by atoms with Crippen LogP contribution in [0.4, 0.5) is 13.2 Å². The first-order valence-electron chi connectivity index (χ1n) is 12.2. The molecule has 1 saturated heterocycles. The summed E-state index contributed by atoms with van der Waals surface area (Å²) in [7, 11) is 0. The molecule has 2 amide bonds. The molecule has 4 rings (SSSR count). The van der Waals surface area contributed by atoms with E-state index < -0.39 is 18.1 Å². The van der Waals surface area contributed by atoms with Crippen LogP contribution >= 0.6 is 0 Å². The monoisotopic (exact) mass is 533 g/mol. The summed E-state index contributed by atoms with van der Waals surface area (Å²) in [4.78, 5) is 34.7. The third-order valence-electron chi connectivity index (χ3n) is 6.55. The van der Waals surface area contributed by atoms with Gasteiger partial charge in [0.1, 0.15) is 0 Å². The molecule has 0 radical (unpaired) electrons. The van der Waals surface area contributed by atoms with E-state index in [9.17, 15) is 22.8 Å². The van der Waals surface area contributed by atoms with Gasteiger partial charge < -0.3 is 15.3 Å². The van der Waals surface area contributed by atoms with E-state index >= 15 is 0 Å². The third-order valence-corrected chi connectivity index (χ3v) is 6.55. The highest BCUT2D eigenvalue weighted by Gasteiger charge is 2.39. The number of amides is 2. The Hall–Kier alpha value is -3.70. The second-order valence-corrected chi connectivity index (χ2v) is 9.24. The van der Waals surface area contributed by atoms with Crippen LogP contribution in [0.2, 0.25) is 0 Å². The van der Waals surface area contributed by atoms with E-state index in [0.29, 0.717) is 23.4 Å². The summed E-state index contributed by atoms with van der Waals surface area (Å²) in [6.07, 6.45) is 1.54. The Bertz CT molecular complexity index is 1120. The zero-order chi connectivity index (χ0) is 27.7. The van der Waals surface area contributed by atoms with Gasteiger partial charge in [0, 0.05) is 36.7 Å². The van der Waals surface area contributed by atoms with Gasteiger partial charge in [-0.2, -0.15) is 13.2 Å². The van der Waals surface area contributed by atoms with Crippen molar-refractivity contribution in [2.45, 2.75) is 37.4 Å². The van der Waals surface area contributed by atoms with Crippen molar-refractivity contribution in [3.63, 3.8) is 0 Å². The van der Waals surface area contributed by atoms with E-state index in [-0.39, 0.29) is 5.91 Å². The maximum atomic E-state index is 12.5. The van der Waals surface area contributed by atoms with Crippen LogP contribution in [0.25, 0.3) is 6.08 Å². The Kier molecular flexibility index (Phi) is 10.0. The van der Waals surface area contributed by atoms with Gasteiger partial charge in [0.2, 0.25) is 5.91 Å². The molecular weight excluding hydrogens is 503 g/mol. The van der Waals surface area contributed by atoms with Crippen LogP contribution in [0.15, 0.2) is 60.7 Å². The molecule has 0 aromatic heterocycles. The van der Waals surface area contributed by atoms with Crippen molar-refractivity contribution in [3.8, 4) is 0 Å². The summed E-state index contributed by atoms with van der Waals surface area (Å²) in [6, 6.07) is 18.0. The van der Waals surface area contributed by atoms with E-state index in [1.807, 2.05) is 4.90 Å². The molecule has 2 fully saturated rings. The maximum absolute atomic E-state index is 12.5. The average Bonchev–Trinajstić information content (AvgIpc) is 3.71. The zero-order valence-electron chi connectivity index (χ0n) is 20.5. The number of carbonyl (C=O) groups excluding carboxylic acids is 2. The van der Waals surface area contributed by atoms with E-state index in [0.717, 1.165) is 38.0 Å². The van der Waals surface area contributed by atoms with Crippen LogP contribution in [0, 0.1) is 5.92 Å². The largest absolute Gasteiger partial charge is 0.490 e. The molecule has 1 saturated carbocycles. The predicted molar refractivity (Wildman–Crippen MR) is 133 cm³/mol. The van der Waals surface area contributed by atoms with Gasteiger partial charge in [0.25, 0.3) is 5.91 Å². The van der Waals surface area contributed by atoms with Crippen LogP contribution in [-0.2, 0) is 9.59 Å². The molecule has 0 bridgehead atoms. The topological polar surface area (TPSA) is 119 Å². The molecule has 2 aromatic carbocycles. The summed E-state index contributed by atoms with van der Waals surface area (Å²) in [5.74, 6) is -2.01. The van der Waals surface area contributed by atoms with Crippen LogP contribution in [0.1, 0.15) is 46.7 Å². The van der Waals surface area contributed by atoms with Crippen molar-refractivity contribution in [2.24, 2.45) is 5.92 Å². The van der Waals surface area contributed by atoms with Gasteiger partial charge in [-0.05, 0) is 61.1 Å².